The molecule has 82 valence electrons. The van der Waals surface area contributed by atoms with Crippen molar-refractivity contribution in [2.24, 2.45) is 4.99 Å². The molecule has 0 aliphatic carbocycles. The molecule has 0 amide bonds. The summed E-state index contributed by atoms with van der Waals surface area (Å²) in [5.41, 5.74) is 0. The van der Waals surface area contributed by atoms with E-state index >= 15 is 0 Å². The first-order chi connectivity index (χ1) is 6.77. The maximum absolute atomic E-state index is 4.08. The Kier molecular flexibility index (Phi) is 4.73. The van der Waals surface area contributed by atoms with Gasteiger partial charge in [-0.25, -0.2) is 0 Å². The Balaban J connectivity index is 2.22. The third kappa shape index (κ3) is 3.18. The summed E-state index contributed by atoms with van der Waals surface area (Å²) in [6.45, 7) is 5.73. The van der Waals surface area contributed by atoms with Gasteiger partial charge < -0.3 is 10.6 Å². The molecule has 0 aromatic carbocycles. The summed E-state index contributed by atoms with van der Waals surface area (Å²) in [6.07, 6.45) is 2.70. The average molecular weight is 198 g/mol. The van der Waals surface area contributed by atoms with E-state index in [1.807, 2.05) is 7.05 Å². The number of likely N-dealkylation sites (tertiary alicyclic amines) is 1. The smallest absolute Gasteiger partial charge is 0.190 e. The van der Waals surface area contributed by atoms with Crippen molar-refractivity contribution >= 4 is 5.96 Å². The van der Waals surface area contributed by atoms with E-state index in [9.17, 15) is 0 Å². The molecule has 14 heavy (non-hydrogen) atoms. The summed E-state index contributed by atoms with van der Waals surface area (Å²) >= 11 is 0. The highest BCUT2D eigenvalue weighted by molar-refractivity contribution is 5.79. The Morgan fingerprint density at radius 3 is 2.57 bits per heavy atom. The van der Waals surface area contributed by atoms with Gasteiger partial charge in [-0.15, -0.1) is 0 Å². The lowest BCUT2D eigenvalue weighted by Crippen LogP contribution is -2.44. The van der Waals surface area contributed by atoms with Crippen molar-refractivity contribution in [1.29, 1.82) is 0 Å². The summed E-state index contributed by atoms with van der Waals surface area (Å²) < 4.78 is 0. The third-order valence-electron chi connectivity index (χ3n) is 2.79. The minimum atomic E-state index is 0.600. The molecule has 0 saturated carbocycles. The van der Waals surface area contributed by atoms with Crippen LogP contribution in [0.1, 0.15) is 19.8 Å². The fraction of sp³-hybridized carbons (Fsp3) is 0.900. The van der Waals surface area contributed by atoms with Crippen molar-refractivity contribution in [3.05, 3.63) is 0 Å². The maximum Gasteiger partial charge on any atom is 0.190 e. The highest BCUT2D eigenvalue weighted by atomic mass is 15.2. The normalized spacial score (nSPS) is 20.9. The number of nitrogens with zero attached hydrogens (tertiary/aromatic N) is 2. The molecule has 1 rings (SSSR count). The number of nitrogens with one attached hydrogen (secondary N) is 2. The van der Waals surface area contributed by atoms with Crippen LogP contribution in [0.4, 0.5) is 0 Å². The summed E-state index contributed by atoms with van der Waals surface area (Å²) in [7, 11) is 3.68. The molecule has 2 N–H and O–H groups in total. The van der Waals surface area contributed by atoms with Gasteiger partial charge in [0.1, 0.15) is 0 Å². The van der Waals surface area contributed by atoms with Gasteiger partial charge in [0, 0.05) is 26.7 Å². The maximum atomic E-state index is 4.08. The molecule has 4 nitrogen and oxygen atoms in total. The van der Waals surface area contributed by atoms with E-state index < -0.39 is 0 Å². The highest BCUT2D eigenvalue weighted by Crippen LogP contribution is 2.10. The van der Waals surface area contributed by atoms with Crippen molar-refractivity contribution in [1.82, 2.24) is 15.5 Å². The van der Waals surface area contributed by atoms with Gasteiger partial charge >= 0.3 is 0 Å². The van der Waals surface area contributed by atoms with Gasteiger partial charge in [-0.1, -0.05) is 0 Å². The number of hydrogen-bond acceptors (Lipinski definition) is 2. The van der Waals surface area contributed by atoms with Gasteiger partial charge in [-0.2, -0.15) is 0 Å². The highest BCUT2D eigenvalue weighted by Gasteiger charge is 2.17. The van der Waals surface area contributed by atoms with E-state index in [0.717, 1.165) is 12.5 Å². The Morgan fingerprint density at radius 1 is 1.43 bits per heavy atom. The van der Waals surface area contributed by atoms with Crippen molar-refractivity contribution in [3.63, 3.8) is 0 Å². The predicted molar refractivity (Wildman–Crippen MR) is 60.7 cm³/mol. The lowest BCUT2D eigenvalue weighted by Gasteiger charge is -2.24. The summed E-state index contributed by atoms with van der Waals surface area (Å²) in [4.78, 5) is 6.60. The quantitative estimate of drug-likeness (QED) is 0.505. The molecule has 0 aromatic heterocycles. The van der Waals surface area contributed by atoms with Crippen LogP contribution in [0.15, 0.2) is 4.99 Å². The van der Waals surface area contributed by atoms with Crippen molar-refractivity contribution in [3.8, 4) is 0 Å². The Morgan fingerprint density at radius 2 is 2.07 bits per heavy atom. The summed E-state index contributed by atoms with van der Waals surface area (Å²) in [5, 5.41) is 6.31. The molecule has 0 radical (unpaired) electrons. The zero-order chi connectivity index (χ0) is 10.4. The molecular weight excluding hydrogens is 176 g/mol. The van der Waals surface area contributed by atoms with Gasteiger partial charge in [0.15, 0.2) is 5.96 Å². The standard InChI is InChI=1S/C10H22N4/c1-9(14-6-4-5-7-14)8-13-10(11-2)12-3/h9H,4-8H2,1-3H3,(H2,11,12,13). The fourth-order valence-electron chi connectivity index (χ4n) is 1.84. The molecule has 0 bridgehead atoms. The van der Waals surface area contributed by atoms with Crippen LogP contribution in [0, 0.1) is 0 Å². The number of hydrogen-bond donors (Lipinski definition) is 2. The number of guanidine groups is 1. The topological polar surface area (TPSA) is 39.7 Å². The van der Waals surface area contributed by atoms with E-state index in [0.29, 0.717) is 6.04 Å². The van der Waals surface area contributed by atoms with Crippen LogP contribution in [0.25, 0.3) is 0 Å². The lowest BCUT2D eigenvalue weighted by atomic mass is 10.3. The van der Waals surface area contributed by atoms with Gasteiger partial charge in [-0.3, -0.25) is 9.89 Å². The molecule has 1 heterocycles. The average Bonchev–Trinajstić information content (AvgIpc) is 2.72. The molecule has 1 fully saturated rings. The fourth-order valence-corrected chi connectivity index (χ4v) is 1.84. The van der Waals surface area contributed by atoms with Gasteiger partial charge in [0.25, 0.3) is 0 Å². The molecule has 1 saturated heterocycles. The van der Waals surface area contributed by atoms with Crippen LogP contribution in [0.2, 0.25) is 0 Å². The van der Waals surface area contributed by atoms with Crippen LogP contribution in [0.3, 0.4) is 0 Å². The van der Waals surface area contributed by atoms with Crippen LogP contribution in [0.5, 0.6) is 0 Å². The molecular formula is C10H22N4. The molecule has 1 unspecified atom stereocenters. The second kappa shape index (κ2) is 5.86. The van der Waals surface area contributed by atoms with E-state index in [-0.39, 0.29) is 0 Å². The Bertz CT molecular complexity index is 185. The molecule has 1 aliphatic rings. The van der Waals surface area contributed by atoms with E-state index in [1.54, 1.807) is 7.05 Å². The second-order valence-electron chi connectivity index (χ2n) is 3.80. The molecule has 0 spiro atoms. The third-order valence-corrected chi connectivity index (χ3v) is 2.79. The van der Waals surface area contributed by atoms with E-state index in [4.69, 9.17) is 0 Å². The molecule has 0 aromatic rings. The SMILES string of the molecule is CN=C(NC)NCC(C)N1CCCC1. The Labute approximate surface area is 86.8 Å². The first-order valence-electron chi connectivity index (χ1n) is 5.40. The van der Waals surface area contributed by atoms with Gasteiger partial charge in [0.05, 0.1) is 0 Å². The number of rotatable bonds is 3. The second-order valence-corrected chi connectivity index (χ2v) is 3.80. The van der Waals surface area contributed by atoms with Crippen LogP contribution in [-0.4, -0.2) is 50.6 Å². The predicted octanol–water partition coefficient (Wildman–Crippen LogP) is 0.266. The van der Waals surface area contributed by atoms with Crippen molar-refractivity contribution < 1.29 is 0 Å². The van der Waals surface area contributed by atoms with Crippen LogP contribution in [-0.2, 0) is 0 Å². The molecule has 4 heteroatoms. The van der Waals surface area contributed by atoms with Crippen LogP contribution < -0.4 is 10.6 Å². The first kappa shape index (κ1) is 11.3. The first-order valence-corrected chi connectivity index (χ1v) is 5.40. The summed E-state index contributed by atoms with van der Waals surface area (Å²) in [6, 6.07) is 0.600. The van der Waals surface area contributed by atoms with Crippen molar-refractivity contribution in [2.75, 3.05) is 33.7 Å². The Hall–Kier alpha value is -0.770. The minimum Gasteiger partial charge on any atom is -0.359 e. The largest absolute Gasteiger partial charge is 0.359 e. The van der Waals surface area contributed by atoms with Crippen molar-refractivity contribution in [2.45, 2.75) is 25.8 Å². The lowest BCUT2D eigenvalue weighted by molar-refractivity contribution is 0.259. The van der Waals surface area contributed by atoms with E-state index in [2.05, 4.69) is 27.4 Å². The monoisotopic (exact) mass is 198 g/mol. The van der Waals surface area contributed by atoms with Crippen LogP contribution >= 0.6 is 0 Å². The number of aliphatic imine (C=N–C) groups is 1. The van der Waals surface area contributed by atoms with E-state index in [1.165, 1.54) is 25.9 Å². The minimum absolute atomic E-state index is 0.600. The molecule has 1 aliphatic heterocycles. The summed E-state index contributed by atoms with van der Waals surface area (Å²) in [5.74, 6) is 0.871. The van der Waals surface area contributed by atoms with Gasteiger partial charge in [-0.05, 0) is 32.9 Å². The van der Waals surface area contributed by atoms with Gasteiger partial charge in [0.2, 0.25) is 0 Å². The zero-order valence-electron chi connectivity index (χ0n) is 9.51. The zero-order valence-corrected chi connectivity index (χ0v) is 9.51. The molecule has 1 atom stereocenters.